The van der Waals surface area contributed by atoms with Gasteiger partial charge in [-0.05, 0) is 26.0 Å². The topological polar surface area (TPSA) is 75.7 Å². The number of nitrogens with one attached hydrogen (secondary N) is 1. The Morgan fingerprint density at radius 3 is 2.41 bits per heavy atom. The summed E-state index contributed by atoms with van der Waals surface area (Å²) >= 11 is 0. The molecule has 0 fully saturated rings. The summed E-state index contributed by atoms with van der Waals surface area (Å²) in [4.78, 5) is 36.8. The molecule has 0 saturated carbocycles. The van der Waals surface area contributed by atoms with Crippen LogP contribution in [0.4, 0.5) is 5.69 Å². The lowest BCUT2D eigenvalue weighted by Gasteiger charge is -2.23. The van der Waals surface area contributed by atoms with Crippen molar-refractivity contribution in [3.63, 3.8) is 0 Å². The molecule has 0 atom stereocenters. The number of rotatable bonds is 6. The molecule has 0 bridgehead atoms. The molecular weight excluding hydrogens is 284 g/mol. The Labute approximate surface area is 130 Å². The molecule has 1 N–H and O–H groups in total. The third-order valence-corrected chi connectivity index (χ3v) is 2.99. The highest BCUT2D eigenvalue weighted by Crippen LogP contribution is 2.21. The number of anilines is 1. The smallest absolute Gasteiger partial charge is 0.339 e. The minimum atomic E-state index is -0.520. The summed E-state index contributed by atoms with van der Waals surface area (Å²) in [5, 5.41) is 2.77. The number of benzene rings is 1. The number of carbonyl (C=O) groups excluding carboxylic acids is 3. The largest absolute Gasteiger partial charge is 0.465 e. The van der Waals surface area contributed by atoms with Crippen LogP contribution in [-0.4, -0.2) is 37.5 Å². The number of hydrogen-bond donors (Lipinski definition) is 1. The minimum Gasteiger partial charge on any atom is -0.465 e. The maximum atomic E-state index is 11.9. The number of amides is 2. The zero-order chi connectivity index (χ0) is 16.7. The van der Waals surface area contributed by atoms with Gasteiger partial charge in [0.15, 0.2) is 0 Å². The third-order valence-electron chi connectivity index (χ3n) is 2.99. The van der Waals surface area contributed by atoms with Crippen LogP contribution in [0.15, 0.2) is 24.3 Å². The number of ether oxygens (including phenoxy) is 1. The maximum absolute atomic E-state index is 11.9. The second-order valence-electron chi connectivity index (χ2n) is 5.15. The fraction of sp³-hybridized carbons (Fsp3) is 0.438. The van der Waals surface area contributed by atoms with E-state index >= 15 is 0 Å². The van der Waals surface area contributed by atoms with E-state index in [-0.39, 0.29) is 30.8 Å². The van der Waals surface area contributed by atoms with Gasteiger partial charge < -0.3 is 15.0 Å². The Bertz CT molecular complexity index is 555. The van der Waals surface area contributed by atoms with Gasteiger partial charge in [-0.3, -0.25) is 9.59 Å². The molecule has 6 heteroatoms. The molecule has 0 spiro atoms. The minimum absolute atomic E-state index is 0.0423. The van der Waals surface area contributed by atoms with Crippen LogP contribution in [0, 0.1) is 0 Å². The number of methoxy groups -OCH3 is 1. The molecule has 0 aliphatic rings. The molecule has 0 aliphatic carbocycles. The average molecular weight is 306 g/mol. The van der Waals surface area contributed by atoms with E-state index in [9.17, 15) is 14.4 Å². The molecule has 0 radical (unpaired) electrons. The predicted octanol–water partition coefficient (Wildman–Crippen LogP) is 1.74. The number of hydrogen-bond acceptors (Lipinski definition) is 4. The summed E-state index contributed by atoms with van der Waals surface area (Å²) < 4.78 is 4.73. The first-order valence-electron chi connectivity index (χ1n) is 7.11. The Hall–Kier alpha value is -2.37. The first kappa shape index (κ1) is 17.7. The summed E-state index contributed by atoms with van der Waals surface area (Å²) in [5.74, 6) is -0.904. The van der Waals surface area contributed by atoms with E-state index in [1.807, 2.05) is 13.8 Å². The first-order chi connectivity index (χ1) is 10.4. The predicted molar refractivity (Wildman–Crippen MR) is 83.7 cm³/mol. The average Bonchev–Trinajstić information content (AvgIpc) is 2.46. The third kappa shape index (κ3) is 4.87. The zero-order valence-corrected chi connectivity index (χ0v) is 13.4. The molecule has 22 heavy (non-hydrogen) atoms. The lowest BCUT2D eigenvalue weighted by Crippen LogP contribution is -2.36. The van der Waals surface area contributed by atoms with Crippen LogP contribution in [0.3, 0.4) is 0 Å². The molecule has 0 saturated heterocycles. The van der Waals surface area contributed by atoms with Gasteiger partial charge in [-0.2, -0.15) is 0 Å². The second kappa shape index (κ2) is 8.17. The van der Waals surface area contributed by atoms with Gasteiger partial charge in [0.1, 0.15) is 0 Å². The highest BCUT2D eigenvalue weighted by molar-refractivity contribution is 6.02. The van der Waals surface area contributed by atoms with E-state index in [2.05, 4.69) is 5.32 Å². The van der Waals surface area contributed by atoms with Crippen LogP contribution in [0.25, 0.3) is 0 Å². The Morgan fingerprint density at radius 1 is 1.23 bits per heavy atom. The number of esters is 1. The summed E-state index contributed by atoms with van der Waals surface area (Å²) in [5.41, 5.74) is 0.740. The Kier molecular flexibility index (Phi) is 6.56. The van der Waals surface area contributed by atoms with Crippen molar-refractivity contribution >= 4 is 23.5 Å². The van der Waals surface area contributed by atoms with Crippen molar-refractivity contribution in [3.05, 3.63) is 29.8 Å². The van der Waals surface area contributed by atoms with Crippen molar-refractivity contribution in [1.82, 2.24) is 5.32 Å². The second-order valence-corrected chi connectivity index (χ2v) is 5.15. The van der Waals surface area contributed by atoms with Crippen LogP contribution in [0.5, 0.6) is 0 Å². The molecule has 1 aromatic carbocycles. The molecule has 0 heterocycles. The van der Waals surface area contributed by atoms with Crippen molar-refractivity contribution in [2.45, 2.75) is 33.2 Å². The van der Waals surface area contributed by atoms with Crippen LogP contribution < -0.4 is 10.2 Å². The van der Waals surface area contributed by atoms with Crippen LogP contribution >= 0.6 is 0 Å². The highest BCUT2D eigenvalue weighted by atomic mass is 16.5. The highest BCUT2D eigenvalue weighted by Gasteiger charge is 2.20. The van der Waals surface area contributed by atoms with Crippen molar-refractivity contribution in [3.8, 4) is 0 Å². The molecule has 1 aromatic rings. The summed E-state index contributed by atoms with van der Waals surface area (Å²) in [6.45, 7) is 5.33. The summed E-state index contributed by atoms with van der Waals surface area (Å²) in [7, 11) is 1.29. The summed E-state index contributed by atoms with van der Waals surface area (Å²) in [6.07, 6.45) is 0.160. The summed E-state index contributed by atoms with van der Waals surface area (Å²) in [6, 6.07) is 6.71. The van der Waals surface area contributed by atoms with Gasteiger partial charge in [-0.1, -0.05) is 12.1 Å². The maximum Gasteiger partial charge on any atom is 0.339 e. The normalized spacial score (nSPS) is 10.2. The molecule has 0 unspecified atom stereocenters. The van der Waals surface area contributed by atoms with Crippen LogP contribution in [0.2, 0.25) is 0 Å². The van der Waals surface area contributed by atoms with Gasteiger partial charge in [0.2, 0.25) is 11.8 Å². The number of nitrogens with zero attached hydrogens (tertiary/aromatic N) is 1. The van der Waals surface area contributed by atoms with E-state index in [1.54, 1.807) is 24.3 Å². The Morgan fingerprint density at radius 2 is 1.86 bits per heavy atom. The quantitative estimate of drug-likeness (QED) is 0.812. The fourth-order valence-corrected chi connectivity index (χ4v) is 2.05. The molecule has 120 valence electrons. The standard InChI is InChI=1S/C16H22N2O4/c1-11(2)17-15(20)9-10-18(12(3)19)14-8-6-5-7-13(14)16(21)22-4/h5-8,11H,9-10H2,1-4H3,(H,17,20). The van der Waals surface area contributed by atoms with Gasteiger partial charge in [-0.15, -0.1) is 0 Å². The molecule has 0 aromatic heterocycles. The van der Waals surface area contributed by atoms with Gasteiger partial charge in [-0.25, -0.2) is 4.79 Å². The van der Waals surface area contributed by atoms with E-state index < -0.39 is 5.97 Å². The van der Waals surface area contributed by atoms with Gasteiger partial charge >= 0.3 is 5.97 Å². The van der Waals surface area contributed by atoms with Gasteiger partial charge in [0.05, 0.1) is 18.4 Å². The lowest BCUT2D eigenvalue weighted by atomic mass is 10.1. The van der Waals surface area contributed by atoms with Crippen molar-refractivity contribution in [1.29, 1.82) is 0 Å². The lowest BCUT2D eigenvalue weighted by molar-refractivity contribution is -0.121. The first-order valence-corrected chi connectivity index (χ1v) is 7.11. The number of para-hydroxylation sites is 1. The molecule has 2 amide bonds. The molecule has 0 aliphatic heterocycles. The van der Waals surface area contributed by atoms with Crippen molar-refractivity contribution in [2.75, 3.05) is 18.6 Å². The fourth-order valence-electron chi connectivity index (χ4n) is 2.05. The number of carbonyl (C=O) groups is 3. The van der Waals surface area contributed by atoms with Gasteiger partial charge in [0, 0.05) is 25.9 Å². The molecular formula is C16H22N2O4. The van der Waals surface area contributed by atoms with Crippen molar-refractivity contribution < 1.29 is 19.1 Å². The van der Waals surface area contributed by atoms with Crippen molar-refractivity contribution in [2.24, 2.45) is 0 Å². The van der Waals surface area contributed by atoms with Crippen LogP contribution in [-0.2, 0) is 14.3 Å². The Balaban J connectivity index is 2.95. The van der Waals surface area contributed by atoms with Gasteiger partial charge in [0.25, 0.3) is 0 Å². The monoisotopic (exact) mass is 306 g/mol. The molecule has 1 rings (SSSR count). The van der Waals surface area contributed by atoms with E-state index in [0.29, 0.717) is 11.3 Å². The van der Waals surface area contributed by atoms with Crippen LogP contribution in [0.1, 0.15) is 37.6 Å². The molecule has 6 nitrogen and oxygen atoms in total. The van der Waals surface area contributed by atoms with E-state index in [0.717, 1.165) is 0 Å². The van der Waals surface area contributed by atoms with E-state index in [1.165, 1.54) is 18.9 Å². The SMILES string of the molecule is COC(=O)c1ccccc1N(CCC(=O)NC(C)C)C(C)=O. The zero-order valence-electron chi connectivity index (χ0n) is 13.4. The van der Waals surface area contributed by atoms with E-state index in [4.69, 9.17) is 4.74 Å².